The molecule has 4 fully saturated rings. The van der Waals surface area contributed by atoms with Gasteiger partial charge in [0.2, 0.25) is 0 Å². The van der Waals surface area contributed by atoms with Gasteiger partial charge in [0.1, 0.15) is 7.85 Å². The van der Waals surface area contributed by atoms with Crippen LogP contribution in [0, 0.1) is 71.0 Å². The van der Waals surface area contributed by atoms with Gasteiger partial charge in [-0.2, -0.15) is 0 Å². The van der Waals surface area contributed by atoms with E-state index in [1.165, 1.54) is 77.0 Å². The highest BCUT2D eigenvalue weighted by atomic mass is 14.6. The van der Waals surface area contributed by atoms with Crippen molar-refractivity contribution in [3.8, 4) is 0 Å². The average molecular weight is 499 g/mol. The maximum Gasteiger partial charge on any atom is 0.105 e. The van der Waals surface area contributed by atoms with Crippen LogP contribution in [0.5, 0.6) is 0 Å². The van der Waals surface area contributed by atoms with Crippen molar-refractivity contribution in [1.29, 1.82) is 0 Å². The SMILES string of the molecule is BC1CCC2C(C1)C(C1C=C[C@@H](C3C=CCCC3)CC1)C1CCCCC1C2C1C=CC2CCCCC2C1. The normalized spacial score (nSPS) is 51.6. The van der Waals surface area contributed by atoms with Gasteiger partial charge in [-0.15, -0.1) is 0 Å². The molecular weight excluding hydrogens is 443 g/mol. The monoisotopic (exact) mass is 498 g/mol. The summed E-state index contributed by atoms with van der Waals surface area (Å²) < 4.78 is 0. The zero-order chi connectivity index (χ0) is 24.8. The van der Waals surface area contributed by atoms with E-state index in [4.69, 9.17) is 0 Å². The second kappa shape index (κ2) is 11.0. The van der Waals surface area contributed by atoms with Crippen LogP contribution in [0.3, 0.4) is 0 Å². The van der Waals surface area contributed by atoms with Crippen molar-refractivity contribution in [3.05, 3.63) is 36.5 Å². The lowest BCUT2D eigenvalue weighted by Gasteiger charge is -2.60. The van der Waals surface area contributed by atoms with Crippen LogP contribution >= 0.6 is 0 Å². The highest BCUT2D eigenvalue weighted by Gasteiger charge is 2.55. The fourth-order valence-corrected chi connectivity index (χ4v) is 11.9. The van der Waals surface area contributed by atoms with Crippen molar-refractivity contribution in [1.82, 2.24) is 0 Å². The minimum Gasteiger partial charge on any atom is -0.0882 e. The fourth-order valence-electron chi connectivity index (χ4n) is 11.9. The molecule has 0 N–H and O–H groups in total. The molecule has 0 heterocycles. The zero-order valence-electron chi connectivity index (χ0n) is 24.0. The third kappa shape index (κ3) is 4.90. The quantitative estimate of drug-likeness (QED) is 0.269. The lowest BCUT2D eigenvalue weighted by atomic mass is 9.44. The van der Waals surface area contributed by atoms with Crippen molar-refractivity contribution < 1.29 is 0 Å². The first kappa shape index (κ1) is 25.3. The first-order valence-electron chi connectivity index (χ1n) is 17.3. The van der Waals surface area contributed by atoms with Crippen LogP contribution in [0.1, 0.15) is 109 Å². The summed E-state index contributed by atoms with van der Waals surface area (Å²) in [6, 6.07) is 0. The Bertz CT molecular complexity index is 868. The van der Waals surface area contributed by atoms with E-state index in [9.17, 15) is 0 Å². The van der Waals surface area contributed by atoms with Gasteiger partial charge in [-0.1, -0.05) is 87.2 Å². The van der Waals surface area contributed by atoms with Crippen molar-refractivity contribution in [2.24, 2.45) is 71.0 Å². The molecule has 7 rings (SSSR count). The summed E-state index contributed by atoms with van der Waals surface area (Å²) in [5.41, 5.74) is 0. The Labute approximate surface area is 230 Å². The smallest absolute Gasteiger partial charge is 0.0882 e. The van der Waals surface area contributed by atoms with Crippen molar-refractivity contribution in [2.45, 2.75) is 115 Å². The lowest BCUT2D eigenvalue weighted by molar-refractivity contribution is -0.0965. The van der Waals surface area contributed by atoms with Crippen molar-refractivity contribution in [2.75, 3.05) is 0 Å². The summed E-state index contributed by atoms with van der Waals surface area (Å²) in [4.78, 5) is 0. The van der Waals surface area contributed by atoms with Crippen molar-refractivity contribution >= 4 is 7.85 Å². The summed E-state index contributed by atoms with van der Waals surface area (Å²) in [7, 11) is 2.60. The number of hydrogen-bond donors (Lipinski definition) is 0. The topological polar surface area (TPSA) is 0 Å². The summed E-state index contributed by atoms with van der Waals surface area (Å²) in [6.07, 6.45) is 41.7. The molecule has 0 aromatic rings. The predicted molar refractivity (Wildman–Crippen MR) is 160 cm³/mol. The van der Waals surface area contributed by atoms with Gasteiger partial charge in [-0.3, -0.25) is 0 Å². The Morgan fingerprint density at radius 1 is 0.432 bits per heavy atom. The first-order valence-corrected chi connectivity index (χ1v) is 17.3. The maximum atomic E-state index is 2.82. The molecule has 202 valence electrons. The van der Waals surface area contributed by atoms with E-state index in [1.807, 2.05) is 0 Å². The summed E-state index contributed by atoms with van der Waals surface area (Å²) in [5.74, 6) is 12.5. The Morgan fingerprint density at radius 2 is 1.05 bits per heavy atom. The van der Waals surface area contributed by atoms with E-state index in [0.29, 0.717) is 0 Å². The van der Waals surface area contributed by atoms with Crippen LogP contribution in [0.4, 0.5) is 0 Å². The van der Waals surface area contributed by atoms with Gasteiger partial charge in [0.15, 0.2) is 0 Å². The number of allylic oxidation sites excluding steroid dienone is 6. The van der Waals surface area contributed by atoms with Crippen LogP contribution < -0.4 is 0 Å². The van der Waals surface area contributed by atoms with Gasteiger partial charge in [0.05, 0.1) is 0 Å². The predicted octanol–water partition coefficient (Wildman–Crippen LogP) is 9.20. The van der Waals surface area contributed by atoms with Gasteiger partial charge in [-0.25, -0.2) is 0 Å². The minimum atomic E-state index is 0.836. The van der Waals surface area contributed by atoms with E-state index in [0.717, 1.165) is 76.8 Å². The minimum absolute atomic E-state index is 0.836. The molecule has 0 bridgehead atoms. The molecule has 0 nitrogen and oxygen atoms in total. The molecule has 7 aliphatic rings. The third-order valence-corrected chi connectivity index (χ3v) is 13.5. The van der Waals surface area contributed by atoms with E-state index >= 15 is 0 Å². The van der Waals surface area contributed by atoms with Crippen LogP contribution in [0.25, 0.3) is 0 Å². The molecule has 0 saturated heterocycles. The van der Waals surface area contributed by atoms with Gasteiger partial charge < -0.3 is 0 Å². The summed E-state index contributed by atoms with van der Waals surface area (Å²) in [5, 5.41) is 0. The Kier molecular flexibility index (Phi) is 7.54. The van der Waals surface area contributed by atoms with E-state index in [-0.39, 0.29) is 0 Å². The third-order valence-electron chi connectivity index (χ3n) is 13.5. The molecule has 7 aliphatic carbocycles. The standard InChI is InChI=1S/C36H55B/c37-30-20-21-33-34(23-30)35(27-17-14-26(15-18-27)24-8-2-1-3-9-24)31-12-6-7-13-32(31)36(33)29-19-16-25-10-4-5-11-28(25)22-29/h2,8,14,16-17,19,24-36H,1,3-7,9-13,15,18,20-23,37H2/t24?,25?,26-,27?,28?,29?,30?,31?,32?,33?,34?,35?,36?/m1/s1. The van der Waals surface area contributed by atoms with Gasteiger partial charge in [0.25, 0.3) is 0 Å². The molecule has 0 spiro atoms. The second-order valence-corrected chi connectivity index (χ2v) is 15.3. The van der Waals surface area contributed by atoms with Crippen LogP contribution in [-0.4, -0.2) is 7.85 Å². The van der Waals surface area contributed by atoms with E-state index in [2.05, 4.69) is 44.3 Å². The van der Waals surface area contributed by atoms with Gasteiger partial charge >= 0.3 is 0 Å². The molecular formula is C36H55B. The van der Waals surface area contributed by atoms with Crippen molar-refractivity contribution in [3.63, 3.8) is 0 Å². The Morgan fingerprint density at radius 3 is 1.84 bits per heavy atom. The molecule has 4 saturated carbocycles. The second-order valence-electron chi connectivity index (χ2n) is 15.3. The van der Waals surface area contributed by atoms with Crippen LogP contribution in [0.15, 0.2) is 36.5 Å². The highest BCUT2D eigenvalue weighted by molar-refractivity contribution is 6.11. The highest BCUT2D eigenvalue weighted by Crippen LogP contribution is 2.63. The van der Waals surface area contributed by atoms with Gasteiger partial charge in [0, 0.05) is 0 Å². The largest absolute Gasteiger partial charge is 0.105 e. The lowest BCUT2D eigenvalue weighted by Crippen LogP contribution is -2.53. The summed E-state index contributed by atoms with van der Waals surface area (Å²) in [6.45, 7) is 0. The first-order chi connectivity index (χ1) is 18.3. The zero-order valence-corrected chi connectivity index (χ0v) is 24.0. The van der Waals surface area contributed by atoms with Crippen LogP contribution in [-0.2, 0) is 0 Å². The molecule has 0 aromatic carbocycles. The molecule has 1 heteroatoms. The summed E-state index contributed by atoms with van der Waals surface area (Å²) >= 11 is 0. The number of rotatable bonds is 3. The molecule has 0 radical (unpaired) electrons. The average Bonchev–Trinajstić information content (AvgIpc) is 2.96. The number of hydrogen-bond acceptors (Lipinski definition) is 0. The molecule has 0 aliphatic heterocycles. The molecule has 37 heavy (non-hydrogen) atoms. The molecule has 13 atom stereocenters. The van der Waals surface area contributed by atoms with E-state index < -0.39 is 0 Å². The maximum absolute atomic E-state index is 2.82. The molecule has 0 aromatic heterocycles. The van der Waals surface area contributed by atoms with Gasteiger partial charge in [-0.05, 0) is 135 Å². The fraction of sp³-hybridized carbons (Fsp3) is 0.833. The van der Waals surface area contributed by atoms with E-state index in [1.54, 1.807) is 32.1 Å². The van der Waals surface area contributed by atoms with Crippen LogP contribution in [0.2, 0.25) is 5.82 Å². The number of fused-ring (bicyclic) bond motifs is 3. The molecule has 0 amide bonds. The molecule has 12 unspecified atom stereocenters. The Hall–Kier alpha value is -0.715. The Balaban J connectivity index is 1.17.